The Morgan fingerprint density at radius 2 is 2.05 bits per heavy atom. The fraction of sp³-hybridized carbons (Fsp3) is 0.588. The second-order valence-electron chi connectivity index (χ2n) is 6.43. The molecule has 2 saturated carbocycles. The molecule has 2 fully saturated rings. The molecule has 0 spiro atoms. The van der Waals surface area contributed by atoms with E-state index in [0.29, 0.717) is 10.9 Å². The molecule has 1 atom stereocenters. The molecular weight excluding hydrogens is 302 g/mol. The summed E-state index contributed by atoms with van der Waals surface area (Å²) in [5, 5.41) is 13.4. The van der Waals surface area contributed by atoms with E-state index in [1.165, 1.54) is 12.8 Å². The highest BCUT2D eigenvalue weighted by Gasteiger charge is 2.51. The van der Waals surface area contributed by atoms with Gasteiger partial charge in [-0.2, -0.15) is 0 Å². The van der Waals surface area contributed by atoms with Crippen molar-refractivity contribution >= 4 is 17.5 Å². The third-order valence-corrected chi connectivity index (χ3v) is 4.69. The Labute approximate surface area is 135 Å². The van der Waals surface area contributed by atoms with Gasteiger partial charge in [0.1, 0.15) is 0 Å². The molecule has 0 aromatic heterocycles. The summed E-state index contributed by atoms with van der Waals surface area (Å²) in [6.07, 6.45) is 3.50. The number of carbonyl (C=O) groups excluding carboxylic acids is 1. The molecule has 0 heterocycles. The monoisotopic (exact) mass is 323 g/mol. The second kappa shape index (κ2) is 6.57. The number of aliphatic hydroxyl groups is 1. The van der Waals surface area contributed by atoms with Crippen LogP contribution < -0.4 is 5.32 Å². The highest BCUT2D eigenvalue weighted by molar-refractivity contribution is 6.30. The van der Waals surface area contributed by atoms with Crippen molar-refractivity contribution in [2.75, 3.05) is 19.8 Å². The lowest BCUT2D eigenvalue weighted by Crippen LogP contribution is -2.40. The highest BCUT2D eigenvalue weighted by Crippen LogP contribution is 2.48. The minimum Gasteiger partial charge on any atom is -0.389 e. The van der Waals surface area contributed by atoms with E-state index < -0.39 is 11.5 Å². The van der Waals surface area contributed by atoms with Gasteiger partial charge in [0.15, 0.2) is 0 Å². The summed E-state index contributed by atoms with van der Waals surface area (Å²) >= 11 is 5.89. The van der Waals surface area contributed by atoms with Gasteiger partial charge >= 0.3 is 0 Å². The zero-order chi connectivity index (χ0) is 15.6. The summed E-state index contributed by atoms with van der Waals surface area (Å²) in [7, 11) is 0. The zero-order valence-corrected chi connectivity index (χ0v) is 13.3. The first kappa shape index (κ1) is 15.8. The van der Waals surface area contributed by atoms with Gasteiger partial charge in [-0.3, -0.25) is 4.79 Å². The molecule has 3 rings (SSSR count). The van der Waals surface area contributed by atoms with Gasteiger partial charge in [0.05, 0.1) is 18.1 Å². The van der Waals surface area contributed by atoms with Crippen LogP contribution in [0.4, 0.5) is 0 Å². The van der Waals surface area contributed by atoms with E-state index in [4.69, 9.17) is 16.3 Å². The number of nitrogens with one attached hydrogen (secondary N) is 1. The lowest BCUT2D eigenvalue weighted by molar-refractivity contribution is -0.124. The molecule has 1 aromatic carbocycles. The normalized spacial score (nSPS) is 20.5. The van der Waals surface area contributed by atoms with Crippen molar-refractivity contribution in [3.63, 3.8) is 0 Å². The maximum absolute atomic E-state index is 12.4. The fourth-order valence-corrected chi connectivity index (χ4v) is 2.76. The van der Waals surface area contributed by atoms with Crippen LogP contribution in [0.3, 0.4) is 0 Å². The summed E-state index contributed by atoms with van der Waals surface area (Å²) in [5.74, 6) is 0.664. The molecule has 2 aliphatic rings. The third-order valence-electron chi connectivity index (χ3n) is 4.44. The predicted octanol–water partition coefficient (Wildman–Crippen LogP) is 2.28. The molecule has 1 unspecified atom stereocenters. The average Bonchev–Trinajstić information content (AvgIpc) is 3.39. The Bertz CT molecular complexity index is 523. The molecule has 4 nitrogen and oxygen atoms in total. The summed E-state index contributed by atoms with van der Waals surface area (Å²) in [5.41, 5.74) is 0.563. The van der Waals surface area contributed by atoms with Gasteiger partial charge in [-0.05, 0) is 49.3 Å². The van der Waals surface area contributed by atoms with Gasteiger partial charge in [-0.25, -0.2) is 0 Å². The molecule has 5 heteroatoms. The van der Waals surface area contributed by atoms with E-state index in [1.807, 2.05) is 24.3 Å². The predicted molar refractivity (Wildman–Crippen MR) is 84.9 cm³/mol. The van der Waals surface area contributed by atoms with E-state index in [9.17, 15) is 9.90 Å². The molecule has 2 aliphatic carbocycles. The maximum Gasteiger partial charge on any atom is 0.230 e. The fourth-order valence-electron chi connectivity index (χ4n) is 2.63. The molecule has 1 aromatic rings. The van der Waals surface area contributed by atoms with E-state index in [0.717, 1.165) is 25.0 Å². The van der Waals surface area contributed by atoms with Crippen LogP contribution in [-0.2, 0) is 14.9 Å². The van der Waals surface area contributed by atoms with E-state index in [2.05, 4.69) is 5.32 Å². The number of amides is 1. The second-order valence-corrected chi connectivity index (χ2v) is 6.87. The summed E-state index contributed by atoms with van der Waals surface area (Å²) in [6.45, 7) is 1.24. The van der Waals surface area contributed by atoms with Crippen molar-refractivity contribution in [3.8, 4) is 0 Å². The smallest absolute Gasteiger partial charge is 0.230 e. The van der Waals surface area contributed by atoms with Crippen LogP contribution in [0.15, 0.2) is 24.3 Å². The molecule has 0 aliphatic heterocycles. The van der Waals surface area contributed by atoms with E-state index >= 15 is 0 Å². The Hall–Kier alpha value is -1.10. The lowest BCUT2D eigenvalue weighted by atomic mass is 9.95. The van der Waals surface area contributed by atoms with E-state index in [-0.39, 0.29) is 19.1 Å². The molecule has 0 saturated heterocycles. The first-order chi connectivity index (χ1) is 10.6. The summed E-state index contributed by atoms with van der Waals surface area (Å²) < 4.78 is 5.43. The van der Waals surface area contributed by atoms with Gasteiger partial charge in [0.2, 0.25) is 5.91 Å². The van der Waals surface area contributed by atoms with Crippen LogP contribution in [0.25, 0.3) is 0 Å². The van der Waals surface area contributed by atoms with Crippen molar-refractivity contribution in [1.82, 2.24) is 5.32 Å². The number of aliphatic hydroxyl groups excluding tert-OH is 1. The molecule has 2 N–H and O–H groups in total. The minimum absolute atomic E-state index is 0.0175. The number of carbonyl (C=O) groups is 1. The van der Waals surface area contributed by atoms with Crippen molar-refractivity contribution < 1.29 is 14.6 Å². The number of hydrogen-bond acceptors (Lipinski definition) is 3. The molecule has 0 radical (unpaired) electrons. The number of hydrogen-bond donors (Lipinski definition) is 2. The zero-order valence-electron chi connectivity index (χ0n) is 12.6. The Morgan fingerprint density at radius 3 is 2.64 bits per heavy atom. The van der Waals surface area contributed by atoms with Gasteiger partial charge in [0, 0.05) is 18.2 Å². The Kier molecular flexibility index (Phi) is 4.71. The van der Waals surface area contributed by atoms with E-state index in [1.54, 1.807) is 0 Å². The number of benzene rings is 1. The quantitative estimate of drug-likeness (QED) is 0.771. The molecule has 120 valence electrons. The Balaban J connectivity index is 1.45. The van der Waals surface area contributed by atoms with Gasteiger partial charge in [-0.15, -0.1) is 0 Å². The van der Waals surface area contributed by atoms with Gasteiger partial charge in [0.25, 0.3) is 0 Å². The van der Waals surface area contributed by atoms with Gasteiger partial charge in [-0.1, -0.05) is 23.7 Å². The van der Waals surface area contributed by atoms with Crippen LogP contribution in [0.1, 0.15) is 31.2 Å². The first-order valence-electron chi connectivity index (χ1n) is 7.90. The number of ether oxygens (including phenoxy) is 1. The molecule has 22 heavy (non-hydrogen) atoms. The van der Waals surface area contributed by atoms with Crippen molar-refractivity contribution in [2.24, 2.45) is 5.92 Å². The minimum atomic E-state index is -0.649. The third kappa shape index (κ3) is 3.80. The van der Waals surface area contributed by atoms with Crippen molar-refractivity contribution in [3.05, 3.63) is 34.9 Å². The molecular formula is C17H22ClNO3. The van der Waals surface area contributed by atoms with Gasteiger partial charge < -0.3 is 15.2 Å². The number of rotatable bonds is 8. The molecule has 1 amide bonds. The topological polar surface area (TPSA) is 58.6 Å². The van der Waals surface area contributed by atoms with Crippen molar-refractivity contribution in [2.45, 2.75) is 37.2 Å². The van der Waals surface area contributed by atoms with Crippen LogP contribution >= 0.6 is 11.6 Å². The van der Waals surface area contributed by atoms with Crippen LogP contribution in [0.2, 0.25) is 5.02 Å². The number of halogens is 1. The average molecular weight is 324 g/mol. The largest absolute Gasteiger partial charge is 0.389 e. The lowest BCUT2D eigenvalue weighted by Gasteiger charge is -2.18. The van der Waals surface area contributed by atoms with Crippen LogP contribution in [-0.4, -0.2) is 36.9 Å². The summed E-state index contributed by atoms with van der Waals surface area (Å²) in [4.78, 5) is 12.4. The standard InChI is InChI=1S/C17H22ClNO3/c18-14-5-3-13(4-6-14)17(7-8-17)16(21)19-9-15(20)11-22-10-12-1-2-12/h3-6,12,15,20H,1-2,7-11H2,(H,19,21). The SMILES string of the molecule is O=C(NCC(O)COCC1CC1)C1(c2ccc(Cl)cc2)CC1. The highest BCUT2D eigenvalue weighted by atomic mass is 35.5. The maximum atomic E-state index is 12.4. The summed E-state index contributed by atoms with van der Waals surface area (Å²) in [6, 6.07) is 7.43. The first-order valence-corrected chi connectivity index (χ1v) is 8.28. The molecule has 0 bridgehead atoms. The Morgan fingerprint density at radius 1 is 1.36 bits per heavy atom. The van der Waals surface area contributed by atoms with Crippen molar-refractivity contribution in [1.29, 1.82) is 0 Å². The van der Waals surface area contributed by atoms with Crippen LogP contribution in [0.5, 0.6) is 0 Å². The van der Waals surface area contributed by atoms with Crippen LogP contribution in [0, 0.1) is 5.92 Å².